The number of nitrogens with two attached hydrogens (primary N) is 1. The number of aldehydes is 1. The van der Waals surface area contributed by atoms with Crippen molar-refractivity contribution < 1.29 is 14.3 Å². The van der Waals surface area contributed by atoms with Gasteiger partial charge in [-0.2, -0.15) is 0 Å². The second-order valence-electron chi connectivity index (χ2n) is 5.32. The maximum Gasteiger partial charge on any atom is 0.226 e. The molecule has 0 rings (SSSR count). The number of nitrogens with one attached hydrogen (secondary N) is 2. The number of carbonyl (C=O) groups excluding carboxylic acids is 2. The molecule has 112 valence electrons. The maximum atomic E-state index is 11.2. The summed E-state index contributed by atoms with van der Waals surface area (Å²) in [6.45, 7) is 7.68. The summed E-state index contributed by atoms with van der Waals surface area (Å²) in [5.74, 6) is -0.0106. The molecule has 0 aromatic carbocycles. The molecule has 20 heavy (non-hydrogen) atoms. The molecule has 0 saturated heterocycles. The van der Waals surface area contributed by atoms with E-state index < -0.39 is 11.3 Å². The zero-order chi connectivity index (χ0) is 15.8. The fraction of sp³-hybridized carbons (Fsp3) is 0.500. The lowest BCUT2D eigenvalue weighted by molar-refractivity contribution is -0.123. The molecule has 0 heterocycles. The maximum absolute atomic E-state index is 11.2. The number of rotatable bonds is 9. The highest BCUT2D eigenvalue weighted by molar-refractivity contribution is 6.00. The molecule has 0 radical (unpaired) electrons. The smallest absolute Gasteiger partial charge is 0.226 e. The molecule has 6 heteroatoms. The average molecular weight is 281 g/mol. The molecule has 0 bridgehead atoms. The molecule has 0 fully saturated rings. The average Bonchev–Trinajstić information content (AvgIpc) is 2.35. The van der Waals surface area contributed by atoms with Gasteiger partial charge < -0.3 is 21.2 Å². The minimum absolute atomic E-state index is 0.0900. The van der Waals surface area contributed by atoms with Gasteiger partial charge in [-0.1, -0.05) is 19.9 Å². The van der Waals surface area contributed by atoms with Crippen LogP contribution in [0.5, 0.6) is 0 Å². The lowest BCUT2D eigenvalue weighted by Gasteiger charge is -2.16. The summed E-state index contributed by atoms with van der Waals surface area (Å²) in [5.41, 5.74) is 4.52. The predicted molar refractivity (Wildman–Crippen MR) is 77.9 cm³/mol. The largest absolute Gasteiger partial charge is 0.478 e. The van der Waals surface area contributed by atoms with E-state index in [2.05, 4.69) is 5.32 Å². The van der Waals surface area contributed by atoms with Gasteiger partial charge in [-0.05, 0) is 19.8 Å². The number of hydrogen-bond acceptors (Lipinski definition) is 5. The Bertz CT molecular complexity index is 413. The van der Waals surface area contributed by atoms with E-state index in [1.807, 2.05) is 13.8 Å². The number of carbonyl (C=O) groups is 2. The van der Waals surface area contributed by atoms with E-state index in [1.165, 1.54) is 6.20 Å². The van der Waals surface area contributed by atoms with Gasteiger partial charge in [-0.15, -0.1) is 0 Å². The molecular weight excluding hydrogens is 258 g/mol. The van der Waals surface area contributed by atoms with E-state index in [0.29, 0.717) is 12.9 Å². The van der Waals surface area contributed by atoms with Gasteiger partial charge in [0.25, 0.3) is 0 Å². The Morgan fingerprint density at radius 2 is 2.05 bits per heavy atom. The molecule has 0 saturated carbocycles. The molecule has 0 aliphatic heterocycles. The van der Waals surface area contributed by atoms with Crippen LogP contribution in [0, 0.1) is 16.7 Å². The van der Waals surface area contributed by atoms with Gasteiger partial charge >= 0.3 is 0 Å². The number of hydrogen-bond donors (Lipinski definition) is 3. The monoisotopic (exact) mass is 281 g/mol. The van der Waals surface area contributed by atoms with Crippen molar-refractivity contribution in [2.45, 2.75) is 27.7 Å². The zero-order valence-corrected chi connectivity index (χ0v) is 12.4. The lowest BCUT2D eigenvalue weighted by Crippen LogP contribution is -2.30. The highest BCUT2D eigenvalue weighted by Gasteiger charge is 2.20. The van der Waals surface area contributed by atoms with E-state index in [9.17, 15) is 9.59 Å². The van der Waals surface area contributed by atoms with Crippen molar-refractivity contribution in [1.29, 1.82) is 5.41 Å². The van der Waals surface area contributed by atoms with Crippen molar-refractivity contribution in [3.8, 4) is 0 Å². The van der Waals surface area contributed by atoms with E-state index in [4.69, 9.17) is 15.9 Å². The third-order valence-electron chi connectivity index (χ3n) is 2.46. The molecular formula is C14H23N3O3. The van der Waals surface area contributed by atoms with Gasteiger partial charge in [-0.25, -0.2) is 0 Å². The second kappa shape index (κ2) is 8.14. The van der Waals surface area contributed by atoms with Crippen molar-refractivity contribution in [2.24, 2.45) is 17.1 Å². The summed E-state index contributed by atoms with van der Waals surface area (Å²) >= 11 is 0. The van der Waals surface area contributed by atoms with E-state index in [0.717, 1.165) is 6.21 Å². The van der Waals surface area contributed by atoms with Gasteiger partial charge in [0.15, 0.2) is 6.29 Å². The summed E-state index contributed by atoms with van der Waals surface area (Å²) < 4.78 is 5.44. The summed E-state index contributed by atoms with van der Waals surface area (Å²) in [6, 6.07) is 0. The van der Waals surface area contributed by atoms with E-state index >= 15 is 0 Å². The fourth-order valence-corrected chi connectivity index (χ4v) is 1.02. The molecule has 0 aromatic rings. The summed E-state index contributed by atoms with van der Waals surface area (Å²) in [5, 5.41) is 9.94. The topological polar surface area (TPSA) is 105 Å². The first-order chi connectivity index (χ1) is 9.24. The van der Waals surface area contributed by atoms with Gasteiger partial charge in [0, 0.05) is 12.4 Å². The fourth-order valence-electron chi connectivity index (χ4n) is 1.02. The Labute approximate surface area is 119 Å². The summed E-state index contributed by atoms with van der Waals surface area (Å²) in [4.78, 5) is 22.0. The number of primary amides is 1. The van der Waals surface area contributed by atoms with Crippen molar-refractivity contribution in [2.75, 3.05) is 6.61 Å². The second-order valence-corrected chi connectivity index (χ2v) is 5.32. The third kappa shape index (κ3) is 6.17. The van der Waals surface area contributed by atoms with Crippen molar-refractivity contribution in [3.63, 3.8) is 0 Å². The summed E-state index contributed by atoms with van der Waals surface area (Å²) in [7, 11) is 0. The van der Waals surface area contributed by atoms with Crippen molar-refractivity contribution in [1.82, 2.24) is 5.32 Å². The Morgan fingerprint density at radius 1 is 1.45 bits per heavy atom. The third-order valence-corrected chi connectivity index (χ3v) is 2.46. The summed E-state index contributed by atoms with van der Waals surface area (Å²) in [6.07, 6.45) is 4.49. The normalized spacial score (nSPS) is 13.1. The number of allylic oxidation sites excluding steroid dienone is 1. The van der Waals surface area contributed by atoms with Gasteiger partial charge in [0.2, 0.25) is 11.8 Å². The van der Waals surface area contributed by atoms with Gasteiger partial charge in [0.05, 0.1) is 17.6 Å². The molecule has 0 aliphatic carbocycles. The molecule has 0 unspecified atom stereocenters. The first-order valence-corrected chi connectivity index (χ1v) is 6.31. The Hall–Kier alpha value is -2.11. The number of ether oxygens (including phenoxy) is 1. The quantitative estimate of drug-likeness (QED) is 0.256. The van der Waals surface area contributed by atoms with Crippen LogP contribution in [0.1, 0.15) is 27.7 Å². The Balaban J connectivity index is 4.97. The van der Waals surface area contributed by atoms with Crippen LogP contribution in [0.15, 0.2) is 23.7 Å². The molecule has 0 spiro atoms. The van der Waals surface area contributed by atoms with Crippen LogP contribution in [-0.2, 0) is 14.3 Å². The van der Waals surface area contributed by atoms with Gasteiger partial charge in [0.1, 0.15) is 0 Å². The van der Waals surface area contributed by atoms with Crippen LogP contribution in [0.2, 0.25) is 0 Å². The number of amides is 1. The van der Waals surface area contributed by atoms with Crippen LogP contribution in [0.3, 0.4) is 0 Å². The van der Waals surface area contributed by atoms with Crippen LogP contribution >= 0.6 is 0 Å². The highest BCUT2D eigenvalue weighted by Crippen LogP contribution is 2.15. The Kier molecular flexibility index (Phi) is 7.28. The SMILES string of the molecule is CC(C)CO/C(N/C=C/C(C)(C)C(N)=O)=C(/C=N)C=O. The van der Waals surface area contributed by atoms with Crippen LogP contribution in [0.4, 0.5) is 0 Å². The predicted octanol–water partition coefficient (Wildman–Crippen LogP) is 1.33. The molecule has 6 nitrogen and oxygen atoms in total. The van der Waals surface area contributed by atoms with E-state index in [1.54, 1.807) is 19.9 Å². The highest BCUT2D eigenvalue weighted by atomic mass is 16.5. The first-order valence-electron chi connectivity index (χ1n) is 6.31. The minimum Gasteiger partial charge on any atom is -0.478 e. The molecule has 0 atom stereocenters. The van der Waals surface area contributed by atoms with E-state index in [-0.39, 0.29) is 17.4 Å². The minimum atomic E-state index is -0.817. The van der Waals surface area contributed by atoms with Crippen LogP contribution in [0.25, 0.3) is 0 Å². The molecule has 4 N–H and O–H groups in total. The lowest BCUT2D eigenvalue weighted by atomic mass is 9.93. The molecule has 0 aromatic heterocycles. The zero-order valence-electron chi connectivity index (χ0n) is 12.4. The molecule has 1 amide bonds. The van der Waals surface area contributed by atoms with Crippen LogP contribution < -0.4 is 11.1 Å². The van der Waals surface area contributed by atoms with Gasteiger partial charge in [-0.3, -0.25) is 9.59 Å². The standard InChI is InChI=1S/C14H23N3O3/c1-10(2)9-20-12(11(7-15)8-18)17-6-5-14(3,4)13(16)19/h5-8,10,15,17H,9H2,1-4H3,(H2,16,19)/b6-5+,12-11-,15-7?. The first kappa shape index (κ1) is 17.9. The van der Waals surface area contributed by atoms with Crippen molar-refractivity contribution >= 4 is 18.4 Å². The Morgan fingerprint density at radius 3 is 2.45 bits per heavy atom. The van der Waals surface area contributed by atoms with Crippen LogP contribution in [-0.4, -0.2) is 25.0 Å². The van der Waals surface area contributed by atoms with Crippen molar-refractivity contribution in [3.05, 3.63) is 23.7 Å². The molecule has 0 aliphatic rings.